The van der Waals surface area contributed by atoms with E-state index in [9.17, 15) is 13.2 Å². The van der Waals surface area contributed by atoms with Crippen molar-refractivity contribution in [2.24, 2.45) is 16.8 Å². The van der Waals surface area contributed by atoms with Crippen LogP contribution in [-0.2, 0) is 0 Å². The predicted octanol–water partition coefficient (Wildman–Crippen LogP) is 2.27. The minimum Gasteiger partial charge on any atom is -0.497 e. The Morgan fingerprint density at radius 2 is 1.95 bits per heavy atom. The number of rotatable bonds is 6. The van der Waals surface area contributed by atoms with Gasteiger partial charge in [-0.2, -0.15) is 13.2 Å². The smallest absolute Gasteiger partial charge is 0.400 e. The molecule has 5 nitrogen and oxygen atoms in total. The minimum absolute atomic E-state index is 0.327. The average Bonchev–Trinajstić information content (AvgIpc) is 2.45. The van der Waals surface area contributed by atoms with E-state index in [1.807, 2.05) is 0 Å². The van der Waals surface area contributed by atoms with Gasteiger partial charge in [-0.3, -0.25) is 0 Å². The third kappa shape index (κ3) is 4.82. The molecule has 0 fully saturated rings. The van der Waals surface area contributed by atoms with Crippen molar-refractivity contribution >= 4 is 5.84 Å². The molecule has 21 heavy (non-hydrogen) atoms. The van der Waals surface area contributed by atoms with Gasteiger partial charge in [0.1, 0.15) is 11.7 Å². The number of ether oxygens (including phenoxy) is 1. The summed E-state index contributed by atoms with van der Waals surface area (Å²) in [6.45, 7) is 1.24. The second-order valence-electron chi connectivity index (χ2n) is 4.52. The molecular weight excluding hydrogens is 287 g/mol. The van der Waals surface area contributed by atoms with Gasteiger partial charge in [0, 0.05) is 12.6 Å². The molecule has 2 unspecified atom stereocenters. The quantitative estimate of drug-likeness (QED) is 0.326. The van der Waals surface area contributed by atoms with Crippen LogP contribution in [-0.4, -0.2) is 30.9 Å². The molecule has 0 aliphatic carbocycles. The fourth-order valence-electron chi connectivity index (χ4n) is 1.76. The molecule has 0 aromatic heterocycles. The monoisotopic (exact) mass is 305 g/mol. The molecular formula is C13H18F3N3O2. The Bertz CT molecular complexity index is 475. The van der Waals surface area contributed by atoms with Gasteiger partial charge in [0.2, 0.25) is 0 Å². The number of nitrogens with two attached hydrogens (primary N) is 1. The van der Waals surface area contributed by atoms with E-state index >= 15 is 0 Å². The second-order valence-corrected chi connectivity index (χ2v) is 4.52. The lowest BCUT2D eigenvalue weighted by Gasteiger charge is -2.22. The van der Waals surface area contributed by atoms with Gasteiger partial charge in [-0.05, 0) is 24.6 Å². The zero-order valence-corrected chi connectivity index (χ0v) is 11.7. The van der Waals surface area contributed by atoms with E-state index in [1.165, 1.54) is 7.11 Å². The van der Waals surface area contributed by atoms with Crippen molar-refractivity contribution in [1.29, 1.82) is 0 Å². The van der Waals surface area contributed by atoms with Gasteiger partial charge >= 0.3 is 6.18 Å². The van der Waals surface area contributed by atoms with E-state index in [0.717, 1.165) is 5.56 Å². The number of amidine groups is 1. The van der Waals surface area contributed by atoms with Gasteiger partial charge in [-0.1, -0.05) is 17.3 Å². The normalized spacial score (nSPS) is 15.6. The number of benzene rings is 1. The molecule has 0 heterocycles. The summed E-state index contributed by atoms with van der Waals surface area (Å²) in [5, 5.41) is 13.6. The van der Waals surface area contributed by atoms with E-state index in [1.54, 1.807) is 31.2 Å². The maximum absolute atomic E-state index is 12.8. The van der Waals surface area contributed by atoms with Crippen LogP contribution < -0.4 is 15.8 Å². The summed E-state index contributed by atoms with van der Waals surface area (Å²) in [4.78, 5) is 0. The van der Waals surface area contributed by atoms with Crippen molar-refractivity contribution in [1.82, 2.24) is 5.32 Å². The van der Waals surface area contributed by atoms with Gasteiger partial charge in [-0.15, -0.1) is 0 Å². The van der Waals surface area contributed by atoms with Crippen LogP contribution in [0.1, 0.15) is 18.5 Å². The highest BCUT2D eigenvalue weighted by Gasteiger charge is 2.42. The molecule has 1 rings (SSSR count). The summed E-state index contributed by atoms with van der Waals surface area (Å²) in [6.07, 6.45) is -4.58. The molecule has 0 radical (unpaired) electrons. The van der Waals surface area contributed by atoms with E-state index in [-0.39, 0.29) is 6.04 Å². The van der Waals surface area contributed by atoms with Crippen LogP contribution in [0.25, 0.3) is 0 Å². The lowest BCUT2D eigenvalue weighted by atomic mass is 10.1. The molecule has 0 aliphatic heterocycles. The Morgan fingerprint density at radius 3 is 2.38 bits per heavy atom. The van der Waals surface area contributed by atoms with E-state index in [0.29, 0.717) is 5.75 Å². The SMILES string of the molecule is COc1ccc(C(C)NCC(/C(N)=N/O)C(F)(F)F)cc1. The van der Waals surface area contributed by atoms with Crippen LogP contribution in [0.2, 0.25) is 0 Å². The first-order valence-corrected chi connectivity index (χ1v) is 6.21. The molecule has 2 atom stereocenters. The maximum Gasteiger partial charge on any atom is 0.400 e. The molecule has 4 N–H and O–H groups in total. The number of hydrogen-bond donors (Lipinski definition) is 3. The first-order valence-electron chi connectivity index (χ1n) is 6.21. The van der Waals surface area contributed by atoms with Gasteiger partial charge in [0.05, 0.1) is 7.11 Å². The molecule has 0 spiro atoms. The van der Waals surface area contributed by atoms with Crippen LogP contribution in [0.5, 0.6) is 5.75 Å². The van der Waals surface area contributed by atoms with E-state index in [4.69, 9.17) is 15.7 Å². The van der Waals surface area contributed by atoms with Crippen LogP contribution in [0.3, 0.4) is 0 Å². The highest BCUT2D eigenvalue weighted by molar-refractivity contribution is 5.83. The second kappa shape index (κ2) is 7.16. The van der Waals surface area contributed by atoms with Gasteiger partial charge in [-0.25, -0.2) is 0 Å². The fourth-order valence-corrected chi connectivity index (χ4v) is 1.76. The zero-order valence-electron chi connectivity index (χ0n) is 11.7. The van der Waals surface area contributed by atoms with Gasteiger partial charge < -0.3 is 21.0 Å². The summed E-state index contributed by atoms with van der Waals surface area (Å²) in [6, 6.07) is 6.62. The Morgan fingerprint density at radius 1 is 1.38 bits per heavy atom. The highest BCUT2D eigenvalue weighted by Crippen LogP contribution is 2.27. The molecule has 0 aliphatic rings. The number of methoxy groups -OCH3 is 1. The molecule has 0 saturated carbocycles. The zero-order chi connectivity index (χ0) is 16.0. The fraction of sp³-hybridized carbons (Fsp3) is 0.462. The van der Waals surface area contributed by atoms with Crippen LogP contribution in [0.15, 0.2) is 29.4 Å². The summed E-state index contributed by atoms with van der Waals surface area (Å²) in [7, 11) is 1.53. The number of nitrogens with one attached hydrogen (secondary N) is 1. The highest BCUT2D eigenvalue weighted by atomic mass is 19.4. The number of halogens is 3. The van der Waals surface area contributed by atoms with Crippen LogP contribution in [0, 0.1) is 5.92 Å². The molecule has 0 amide bonds. The number of oxime groups is 1. The third-order valence-electron chi connectivity index (χ3n) is 3.11. The Balaban J connectivity index is 2.70. The van der Waals surface area contributed by atoms with Crippen molar-refractivity contribution in [3.05, 3.63) is 29.8 Å². The Labute approximate surface area is 120 Å². The molecule has 1 aromatic rings. The van der Waals surface area contributed by atoms with Crippen molar-refractivity contribution in [3.8, 4) is 5.75 Å². The van der Waals surface area contributed by atoms with E-state index in [2.05, 4.69) is 10.5 Å². The van der Waals surface area contributed by atoms with Crippen molar-refractivity contribution in [3.63, 3.8) is 0 Å². The van der Waals surface area contributed by atoms with Gasteiger partial charge in [0.15, 0.2) is 5.84 Å². The van der Waals surface area contributed by atoms with Gasteiger partial charge in [0.25, 0.3) is 0 Å². The minimum atomic E-state index is -4.58. The largest absolute Gasteiger partial charge is 0.497 e. The molecule has 0 saturated heterocycles. The summed E-state index contributed by atoms with van der Waals surface area (Å²) in [5.74, 6) is -2.24. The van der Waals surface area contributed by atoms with Crippen molar-refractivity contribution in [2.75, 3.05) is 13.7 Å². The average molecular weight is 305 g/mol. The van der Waals surface area contributed by atoms with Crippen LogP contribution >= 0.6 is 0 Å². The first-order chi connectivity index (χ1) is 9.79. The molecule has 1 aromatic carbocycles. The molecule has 0 bridgehead atoms. The van der Waals surface area contributed by atoms with E-state index < -0.39 is 24.5 Å². The van der Waals surface area contributed by atoms with Crippen molar-refractivity contribution in [2.45, 2.75) is 19.1 Å². The maximum atomic E-state index is 12.8. The number of hydrogen-bond acceptors (Lipinski definition) is 4. The standard InChI is InChI=1S/C13H18F3N3O2/c1-8(9-3-5-10(21-2)6-4-9)18-7-11(12(17)19-20)13(14,15)16/h3-6,8,11,18,20H,7H2,1-2H3,(H2,17,19). The van der Waals surface area contributed by atoms with Crippen LogP contribution in [0.4, 0.5) is 13.2 Å². The third-order valence-corrected chi connectivity index (χ3v) is 3.11. The Kier molecular flexibility index (Phi) is 5.83. The summed E-state index contributed by atoms with van der Waals surface area (Å²) < 4.78 is 43.4. The lowest BCUT2D eigenvalue weighted by molar-refractivity contribution is -0.155. The molecule has 8 heteroatoms. The summed E-state index contributed by atoms with van der Waals surface area (Å²) >= 11 is 0. The molecule has 118 valence electrons. The van der Waals surface area contributed by atoms with Crippen molar-refractivity contribution < 1.29 is 23.1 Å². The predicted molar refractivity (Wildman–Crippen MR) is 72.4 cm³/mol. The Hall–Kier alpha value is -1.96. The number of nitrogens with zero attached hydrogens (tertiary/aromatic N) is 1. The number of alkyl halides is 3. The topological polar surface area (TPSA) is 79.9 Å². The first kappa shape index (κ1) is 17.1. The lowest BCUT2D eigenvalue weighted by Crippen LogP contribution is -2.43. The summed E-state index contributed by atoms with van der Waals surface area (Å²) in [5.41, 5.74) is 5.89.